The Kier molecular flexibility index (Phi) is 5.99. The van der Waals surface area contributed by atoms with Crippen molar-refractivity contribution >= 4 is 23.6 Å². The van der Waals surface area contributed by atoms with Crippen molar-refractivity contribution in [1.29, 1.82) is 0 Å². The molecule has 0 aromatic heterocycles. The third-order valence-electron chi connectivity index (χ3n) is 3.71. The van der Waals surface area contributed by atoms with Crippen LogP contribution in [0.1, 0.15) is 31.7 Å². The first-order valence-corrected chi connectivity index (χ1v) is 8.78. The highest BCUT2D eigenvalue weighted by molar-refractivity contribution is 8.01. The number of rotatable bonds is 6. The average Bonchev–Trinajstić information content (AvgIpc) is 2.81. The Hall–Kier alpha value is -1.89. The van der Waals surface area contributed by atoms with Gasteiger partial charge in [0.25, 0.3) is 0 Å². The quantitative estimate of drug-likeness (QED) is 0.850. The number of hydrogen-bond donors (Lipinski definition) is 1. The van der Waals surface area contributed by atoms with Crippen molar-refractivity contribution in [3.05, 3.63) is 23.8 Å². The molecule has 2 amide bonds. The first-order chi connectivity index (χ1) is 11.4. The van der Waals surface area contributed by atoms with Crippen molar-refractivity contribution in [2.24, 2.45) is 0 Å². The monoisotopic (exact) mass is 352 g/mol. The molecule has 24 heavy (non-hydrogen) atoms. The second-order valence-corrected chi connectivity index (χ2v) is 7.35. The van der Waals surface area contributed by atoms with Gasteiger partial charge in [-0.25, -0.2) is 0 Å². The third kappa shape index (κ3) is 3.95. The van der Waals surface area contributed by atoms with Crippen LogP contribution in [0.15, 0.2) is 18.2 Å². The van der Waals surface area contributed by atoms with Crippen LogP contribution in [0.3, 0.4) is 0 Å². The lowest BCUT2D eigenvalue weighted by atomic mass is 10.1. The standard InChI is InChI=1S/C17H24N2O4S/c1-10(2)18-15(20)9-19-16(21)11(3)24-17(19)13-8-12(22-4)6-7-14(13)23-5/h6-8,10-11,17H,9H2,1-5H3,(H,18,20). The van der Waals surface area contributed by atoms with E-state index in [1.54, 1.807) is 19.1 Å². The zero-order valence-electron chi connectivity index (χ0n) is 14.7. The molecule has 0 radical (unpaired) electrons. The van der Waals surface area contributed by atoms with E-state index in [1.165, 1.54) is 11.8 Å². The van der Waals surface area contributed by atoms with E-state index in [2.05, 4.69) is 5.32 Å². The van der Waals surface area contributed by atoms with Crippen molar-refractivity contribution in [3.63, 3.8) is 0 Å². The van der Waals surface area contributed by atoms with Gasteiger partial charge in [-0.3, -0.25) is 9.59 Å². The van der Waals surface area contributed by atoms with Crippen LogP contribution in [0.4, 0.5) is 0 Å². The van der Waals surface area contributed by atoms with Crippen LogP contribution in [0.2, 0.25) is 0 Å². The molecule has 1 aromatic carbocycles. The number of benzene rings is 1. The summed E-state index contributed by atoms with van der Waals surface area (Å²) in [7, 11) is 3.18. The van der Waals surface area contributed by atoms with E-state index in [0.29, 0.717) is 11.5 Å². The Labute approximate surface area is 146 Å². The van der Waals surface area contributed by atoms with Crippen molar-refractivity contribution in [2.75, 3.05) is 20.8 Å². The number of thioether (sulfide) groups is 1. The zero-order valence-corrected chi connectivity index (χ0v) is 15.5. The molecule has 1 fully saturated rings. The Bertz CT molecular complexity index is 621. The molecular formula is C17H24N2O4S. The van der Waals surface area contributed by atoms with Crippen LogP contribution in [-0.2, 0) is 9.59 Å². The van der Waals surface area contributed by atoms with Crippen LogP contribution >= 0.6 is 11.8 Å². The summed E-state index contributed by atoms with van der Waals surface area (Å²) in [5, 5.41) is 2.34. The summed E-state index contributed by atoms with van der Waals surface area (Å²) in [5.41, 5.74) is 0.830. The lowest BCUT2D eigenvalue weighted by molar-refractivity contribution is -0.135. The molecule has 0 saturated carbocycles. The Morgan fingerprint density at radius 1 is 1.33 bits per heavy atom. The van der Waals surface area contributed by atoms with Crippen molar-refractivity contribution in [2.45, 2.75) is 37.4 Å². The molecule has 2 unspecified atom stereocenters. The van der Waals surface area contributed by atoms with Crippen molar-refractivity contribution < 1.29 is 19.1 Å². The fourth-order valence-corrected chi connectivity index (χ4v) is 3.93. The average molecular weight is 352 g/mol. The van der Waals surface area contributed by atoms with Crippen LogP contribution in [0, 0.1) is 0 Å². The van der Waals surface area contributed by atoms with Gasteiger partial charge >= 0.3 is 0 Å². The topological polar surface area (TPSA) is 67.9 Å². The summed E-state index contributed by atoms with van der Waals surface area (Å²) < 4.78 is 10.7. The van der Waals surface area contributed by atoms with Crippen LogP contribution in [-0.4, -0.2) is 48.8 Å². The second kappa shape index (κ2) is 7.79. The molecule has 132 valence electrons. The van der Waals surface area contributed by atoms with E-state index >= 15 is 0 Å². The third-order valence-corrected chi connectivity index (χ3v) is 5.09. The number of methoxy groups -OCH3 is 2. The molecule has 0 spiro atoms. The smallest absolute Gasteiger partial charge is 0.239 e. The maximum absolute atomic E-state index is 12.5. The highest BCUT2D eigenvalue weighted by atomic mass is 32.2. The molecular weight excluding hydrogens is 328 g/mol. The summed E-state index contributed by atoms with van der Waals surface area (Å²) in [6.07, 6.45) is 0. The summed E-state index contributed by atoms with van der Waals surface area (Å²) in [4.78, 5) is 26.3. The number of carbonyl (C=O) groups excluding carboxylic acids is 2. The first-order valence-electron chi connectivity index (χ1n) is 7.84. The molecule has 1 N–H and O–H groups in total. The van der Waals surface area contributed by atoms with Gasteiger partial charge in [0, 0.05) is 11.6 Å². The summed E-state index contributed by atoms with van der Waals surface area (Å²) in [6, 6.07) is 5.51. The molecule has 0 bridgehead atoms. The fourth-order valence-electron chi connectivity index (χ4n) is 2.63. The van der Waals surface area contributed by atoms with Gasteiger partial charge in [0.1, 0.15) is 23.4 Å². The van der Waals surface area contributed by atoms with Gasteiger partial charge in [0.2, 0.25) is 11.8 Å². The van der Waals surface area contributed by atoms with E-state index < -0.39 is 0 Å². The van der Waals surface area contributed by atoms with Gasteiger partial charge in [-0.2, -0.15) is 0 Å². The second-order valence-electron chi connectivity index (χ2n) is 5.93. The van der Waals surface area contributed by atoms with Crippen molar-refractivity contribution in [3.8, 4) is 11.5 Å². The molecule has 6 nitrogen and oxygen atoms in total. The van der Waals surface area contributed by atoms with Crippen LogP contribution in [0.25, 0.3) is 0 Å². The SMILES string of the molecule is COc1ccc(OC)c(C2SC(C)C(=O)N2CC(=O)NC(C)C)c1. The maximum atomic E-state index is 12.5. The highest BCUT2D eigenvalue weighted by Crippen LogP contribution is 2.46. The number of carbonyl (C=O) groups is 2. The Balaban J connectivity index is 2.32. The molecule has 7 heteroatoms. The van der Waals surface area contributed by atoms with E-state index in [1.807, 2.05) is 39.0 Å². The normalized spacial score (nSPS) is 20.4. The summed E-state index contributed by atoms with van der Waals surface area (Å²) in [5.74, 6) is 1.14. The van der Waals surface area contributed by atoms with Gasteiger partial charge in [-0.15, -0.1) is 11.8 Å². The largest absolute Gasteiger partial charge is 0.497 e. The summed E-state index contributed by atoms with van der Waals surface area (Å²) >= 11 is 1.51. The number of amides is 2. The Morgan fingerprint density at radius 3 is 2.62 bits per heavy atom. The van der Waals surface area contributed by atoms with Gasteiger partial charge in [0.15, 0.2) is 0 Å². The van der Waals surface area contributed by atoms with Gasteiger partial charge in [-0.1, -0.05) is 0 Å². The van der Waals surface area contributed by atoms with Crippen LogP contribution in [0.5, 0.6) is 11.5 Å². The minimum atomic E-state index is -0.282. The number of ether oxygens (including phenoxy) is 2. The van der Waals surface area contributed by atoms with Crippen molar-refractivity contribution in [1.82, 2.24) is 10.2 Å². The van der Waals surface area contributed by atoms with E-state index in [4.69, 9.17) is 9.47 Å². The molecule has 2 atom stereocenters. The summed E-state index contributed by atoms with van der Waals surface area (Å²) in [6.45, 7) is 5.67. The minimum absolute atomic E-state index is 0.0272. The van der Waals surface area contributed by atoms with Gasteiger partial charge in [0.05, 0.1) is 19.5 Å². The van der Waals surface area contributed by atoms with Gasteiger partial charge < -0.3 is 19.7 Å². The molecule has 2 rings (SSSR count). The predicted octanol–water partition coefficient (Wildman–Crippen LogP) is 2.19. The van der Waals surface area contributed by atoms with E-state index in [-0.39, 0.29) is 35.0 Å². The number of nitrogens with zero attached hydrogens (tertiary/aromatic N) is 1. The predicted molar refractivity (Wildman–Crippen MR) is 94.3 cm³/mol. The number of nitrogens with one attached hydrogen (secondary N) is 1. The molecule has 1 saturated heterocycles. The lowest BCUT2D eigenvalue weighted by Crippen LogP contribution is -2.42. The van der Waals surface area contributed by atoms with E-state index in [0.717, 1.165) is 5.56 Å². The zero-order chi connectivity index (χ0) is 17.9. The Morgan fingerprint density at radius 2 is 2.04 bits per heavy atom. The molecule has 0 aliphatic carbocycles. The highest BCUT2D eigenvalue weighted by Gasteiger charge is 2.40. The lowest BCUT2D eigenvalue weighted by Gasteiger charge is -2.25. The van der Waals surface area contributed by atoms with Gasteiger partial charge in [-0.05, 0) is 39.0 Å². The molecule has 1 aromatic rings. The number of hydrogen-bond acceptors (Lipinski definition) is 5. The first kappa shape index (κ1) is 18.4. The fraction of sp³-hybridized carbons (Fsp3) is 0.529. The van der Waals surface area contributed by atoms with E-state index in [9.17, 15) is 9.59 Å². The maximum Gasteiger partial charge on any atom is 0.239 e. The molecule has 1 heterocycles. The minimum Gasteiger partial charge on any atom is -0.497 e. The van der Waals surface area contributed by atoms with Crippen LogP contribution < -0.4 is 14.8 Å². The molecule has 1 aliphatic rings. The molecule has 1 aliphatic heterocycles.